The van der Waals surface area contributed by atoms with E-state index >= 15 is 0 Å². The summed E-state index contributed by atoms with van der Waals surface area (Å²) in [4.78, 5) is 1.78. The molecule has 0 aliphatic carbocycles. The van der Waals surface area contributed by atoms with Gasteiger partial charge in [-0.05, 0) is 55.8 Å². The molecule has 2 aromatic rings. The summed E-state index contributed by atoms with van der Waals surface area (Å²) in [6.45, 7) is 2.61. The van der Waals surface area contributed by atoms with E-state index in [0.717, 1.165) is 12.8 Å². The zero-order valence-electron chi connectivity index (χ0n) is 14.0. The fourth-order valence-corrected chi connectivity index (χ4v) is 2.71. The average Bonchev–Trinajstić information content (AvgIpc) is 2.52. The monoisotopic (exact) mass is 335 g/mol. The number of benzene rings is 2. The van der Waals surface area contributed by atoms with E-state index in [-0.39, 0.29) is 23.9 Å². The summed E-state index contributed by atoms with van der Waals surface area (Å²) in [5, 5.41) is 20.1. The van der Waals surface area contributed by atoms with Gasteiger partial charge < -0.3 is 10.2 Å². The smallest absolute Gasteiger partial charge is 0.124 e. The van der Waals surface area contributed by atoms with E-state index in [0.29, 0.717) is 29.7 Å². The van der Waals surface area contributed by atoms with Crippen LogP contribution in [0.15, 0.2) is 30.3 Å². The first-order valence-corrected chi connectivity index (χ1v) is 8.07. The van der Waals surface area contributed by atoms with Crippen molar-refractivity contribution in [2.45, 2.75) is 39.3 Å². The van der Waals surface area contributed by atoms with E-state index in [1.54, 1.807) is 11.9 Å². The predicted octanol–water partition coefficient (Wildman–Crippen LogP) is 4.35. The molecular formula is C19H23F2NO2. The molecule has 0 aromatic heterocycles. The van der Waals surface area contributed by atoms with Crippen LogP contribution in [0.2, 0.25) is 0 Å². The number of aryl methyl sites for hydroxylation is 1. The number of phenolic OH excluding ortho intramolecular Hbond substituents is 2. The molecule has 0 aliphatic rings. The van der Waals surface area contributed by atoms with Gasteiger partial charge in [0.1, 0.15) is 23.1 Å². The molecule has 0 radical (unpaired) electrons. The third kappa shape index (κ3) is 4.68. The Morgan fingerprint density at radius 3 is 2.25 bits per heavy atom. The Balaban J connectivity index is 2.14. The molecule has 0 aliphatic heterocycles. The number of halogens is 2. The molecule has 0 heterocycles. The Bertz CT molecular complexity index is 704. The maximum atomic E-state index is 13.8. The summed E-state index contributed by atoms with van der Waals surface area (Å²) in [5.74, 6) is -0.682. The lowest BCUT2D eigenvalue weighted by molar-refractivity contribution is 0.305. The molecule has 3 nitrogen and oxygen atoms in total. The molecule has 0 unspecified atom stereocenters. The first-order valence-electron chi connectivity index (χ1n) is 8.07. The molecule has 0 atom stereocenters. The van der Waals surface area contributed by atoms with E-state index in [1.165, 1.54) is 30.3 Å². The van der Waals surface area contributed by atoms with Gasteiger partial charge in [0, 0.05) is 24.2 Å². The van der Waals surface area contributed by atoms with E-state index < -0.39 is 5.82 Å². The predicted molar refractivity (Wildman–Crippen MR) is 89.9 cm³/mol. The minimum atomic E-state index is -0.424. The van der Waals surface area contributed by atoms with Crippen LogP contribution in [0.4, 0.5) is 8.78 Å². The van der Waals surface area contributed by atoms with Crippen LogP contribution < -0.4 is 0 Å². The average molecular weight is 335 g/mol. The fraction of sp³-hybridized carbons (Fsp3) is 0.368. The third-order valence-corrected chi connectivity index (χ3v) is 3.95. The van der Waals surface area contributed by atoms with Crippen LogP contribution in [0.1, 0.15) is 36.5 Å². The van der Waals surface area contributed by atoms with E-state index in [1.807, 2.05) is 6.92 Å². The quantitative estimate of drug-likeness (QED) is 0.790. The van der Waals surface area contributed by atoms with Gasteiger partial charge in [0.25, 0.3) is 0 Å². The van der Waals surface area contributed by atoms with Gasteiger partial charge >= 0.3 is 0 Å². The van der Waals surface area contributed by atoms with Crippen LogP contribution in [0.3, 0.4) is 0 Å². The number of hydrogen-bond donors (Lipinski definition) is 2. The Labute approximate surface area is 141 Å². The van der Waals surface area contributed by atoms with Gasteiger partial charge in [-0.2, -0.15) is 0 Å². The number of rotatable bonds is 7. The molecule has 0 saturated heterocycles. The van der Waals surface area contributed by atoms with Crippen molar-refractivity contribution >= 4 is 0 Å². The van der Waals surface area contributed by atoms with Crippen molar-refractivity contribution in [2.75, 3.05) is 7.05 Å². The lowest BCUT2D eigenvalue weighted by Crippen LogP contribution is -2.18. The first kappa shape index (κ1) is 18.2. The molecule has 130 valence electrons. The summed E-state index contributed by atoms with van der Waals surface area (Å²) in [6.07, 6.45) is 2.47. The second-order valence-corrected chi connectivity index (χ2v) is 6.12. The third-order valence-electron chi connectivity index (χ3n) is 3.95. The number of aromatic hydroxyl groups is 2. The SMILES string of the molecule is CCCCc1cc(F)cc(CN(C)Cc2cc(F)ccc2O)c1O. The standard InChI is InChI=1S/C19H23F2NO2/c1-3-4-5-13-8-17(21)10-15(19(13)24)12-22(2)11-14-9-16(20)6-7-18(14)23/h6-10,23-24H,3-5,11-12H2,1-2H3. The van der Waals surface area contributed by atoms with Gasteiger partial charge in [-0.1, -0.05) is 13.3 Å². The van der Waals surface area contributed by atoms with Gasteiger partial charge in [-0.3, -0.25) is 4.90 Å². The topological polar surface area (TPSA) is 43.7 Å². The summed E-state index contributed by atoms with van der Waals surface area (Å²) in [7, 11) is 1.76. The van der Waals surface area contributed by atoms with Gasteiger partial charge in [-0.25, -0.2) is 8.78 Å². The van der Waals surface area contributed by atoms with E-state index in [2.05, 4.69) is 0 Å². The summed E-state index contributed by atoms with van der Waals surface area (Å²) in [5.41, 5.74) is 1.54. The van der Waals surface area contributed by atoms with Crippen LogP contribution in [-0.2, 0) is 19.5 Å². The molecule has 0 amide bonds. The highest BCUT2D eigenvalue weighted by molar-refractivity contribution is 5.41. The number of phenols is 2. The maximum absolute atomic E-state index is 13.8. The zero-order valence-corrected chi connectivity index (χ0v) is 14.0. The molecule has 0 bridgehead atoms. The summed E-state index contributed by atoms with van der Waals surface area (Å²) >= 11 is 0. The van der Waals surface area contributed by atoms with Crippen LogP contribution in [0.25, 0.3) is 0 Å². The van der Waals surface area contributed by atoms with Crippen LogP contribution >= 0.6 is 0 Å². The number of nitrogens with zero attached hydrogens (tertiary/aromatic N) is 1. The molecule has 0 spiro atoms. The normalized spacial score (nSPS) is 11.2. The Morgan fingerprint density at radius 2 is 1.54 bits per heavy atom. The lowest BCUT2D eigenvalue weighted by Gasteiger charge is -2.19. The molecular weight excluding hydrogens is 312 g/mol. The molecule has 2 aromatic carbocycles. The van der Waals surface area contributed by atoms with Crippen molar-refractivity contribution in [1.82, 2.24) is 4.90 Å². The molecule has 24 heavy (non-hydrogen) atoms. The van der Waals surface area contributed by atoms with Gasteiger partial charge in [-0.15, -0.1) is 0 Å². The molecule has 0 fully saturated rings. The second kappa shape index (κ2) is 8.11. The fourth-order valence-electron chi connectivity index (χ4n) is 2.71. The Kier molecular flexibility index (Phi) is 6.15. The summed E-state index contributed by atoms with van der Waals surface area (Å²) < 4.78 is 27.1. The summed E-state index contributed by atoms with van der Waals surface area (Å²) in [6, 6.07) is 6.45. The molecule has 5 heteroatoms. The van der Waals surface area contributed by atoms with Gasteiger partial charge in [0.15, 0.2) is 0 Å². The highest BCUT2D eigenvalue weighted by atomic mass is 19.1. The lowest BCUT2D eigenvalue weighted by atomic mass is 10.0. The first-order chi connectivity index (χ1) is 11.4. The zero-order chi connectivity index (χ0) is 17.7. The molecule has 0 saturated carbocycles. The largest absolute Gasteiger partial charge is 0.508 e. The van der Waals surface area contributed by atoms with Crippen molar-refractivity contribution < 1.29 is 19.0 Å². The van der Waals surface area contributed by atoms with E-state index in [4.69, 9.17) is 0 Å². The molecule has 2 rings (SSSR count). The van der Waals surface area contributed by atoms with Gasteiger partial charge in [0.05, 0.1) is 0 Å². The van der Waals surface area contributed by atoms with Crippen LogP contribution in [0.5, 0.6) is 11.5 Å². The molecule has 2 N–H and O–H groups in total. The number of unbranched alkanes of at least 4 members (excludes halogenated alkanes) is 1. The second-order valence-electron chi connectivity index (χ2n) is 6.12. The van der Waals surface area contributed by atoms with Gasteiger partial charge in [0.2, 0.25) is 0 Å². The van der Waals surface area contributed by atoms with Crippen molar-refractivity contribution in [2.24, 2.45) is 0 Å². The Morgan fingerprint density at radius 1 is 0.917 bits per heavy atom. The minimum absolute atomic E-state index is 0.00958. The minimum Gasteiger partial charge on any atom is -0.508 e. The van der Waals surface area contributed by atoms with Crippen molar-refractivity contribution in [3.05, 3.63) is 58.7 Å². The highest BCUT2D eigenvalue weighted by Crippen LogP contribution is 2.28. The Hall–Kier alpha value is -2.14. The van der Waals surface area contributed by atoms with Crippen LogP contribution in [0, 0.1) is 11.6 Å². The van der Waals surface area contributed by atoms with E-state index in [9.17, 15) is 19.0 Å². The highest BCUT2D eigenvalue weighted by Gasteiger charge is 2.13. The van der Waals surface area contributed by atoms with Crippen LogP contribution in [-0.4, -0.2) is 22.2 Å². The van der Waals surface area contributed by atoms with Crippen molar-refractivity contribution in [3.8, 4) is 11.5 Å². The van der Waals surface area contributed by atoms with Crippen molar-refractivity contribution in [3.63, 3.8) is 0 Å². The number of hydrogen-bond acceptors (Lipinski definition) is 3. The maximum Gasteiger partial charge on any atom is 0.124 e. The van der Waals surface area contributed by atoms with Crippen molar-refractivity contribution in [1.29, 1.82) is 0 Å².